The van der Waals surface area contributed by atoms with Gasteiger partial charge in [-0.1, -0.05) is 24.3 Å². The van der Waals surface area contributed by atoms with Crippen molar-refractivity contribution in [3.8, 4) is 0 Å². The Morgan fingerprint density at radius 2 is 1.63 bits per heavy atom. The van der Waals surface area contributed by atoms with Crippen molar-refractivity contribution < 1.29 is 22.0 Å². The molecule has 106 valence electrons. The van der Waals surface area contributed by atoms with Crippen LogP contribution >= 0.6 is 0 Å². The van der Waals surface area contributed by atoms with Crippen molar-refractivity contribution >= 4 is 0 Å². The Labute approximate surface area is 107 Å². The zero-order valence-electron chi connectivity index (χ0n) is 10.1. The van der Waals surface area contributed by atoms with E-state index in [1.165, 1.54) is 12.1 Å². The number of nitrogens with one attached hydrogen (secondary N) is 1. The highest BCUT2D eigenvalue weighted by Crippen LogP contribution is 2.44. The smallest absolute Gasteiger partial charge is 0.316 e. The lowest BCUT2D eigenvalue weighted by Crippen LogP contribution is -2.33. The van der Waals surface area contributed by atoms with Gasteiger partial charge in [-0.15, -0.1) is 0 Å². The zero-order valence-corrected chi connectivity index (χ0v) is 10.1. The van der Waals surface area contributed by atoms with Crippen LogP contribution in [-0.4, -0.2) is 19.3 Å². The van der Waals surface area contributed by atoms with Gasteiger partial charge in [-0.05, 0) is 30.9 Å². The molecule has 2 rings (SSSR count). The van der Waals surface area contributed by atoms with Gasteiger partial charge < -0.3 is 5.32 Å². The van der Waals surface area contributed by atoms with Crippen molar-refractivity contribution in [1.82, 2.24) is 5.32 Å². The molecule has 0 radical (unpaired) electrons. The Hall–Kier alpha value is -1.17. The van der Waals surface area contributed by atoms with Crippen LogP contribution in [0.2, 0.25) is 0 Å². The Morgan fingerprint density at radius 3 is 2.11 bits per heavy atom. The van der Waals surface area contributed by atoms with Crippen LogP contribution < -0.4 is 5.32 Å². The highest BCUT2D eigenvalue weighted by molar-refractivity contribution is 5.29. The quantitative estimate of drug-likeness (QED) is 0.812. The molecule has 19 heavy (non-hydrogen) atoms. The van der Waals surface area contributed by atoms with Crippen molar-refractivity contribution in [2.75, 3.05) is 13.1 Å². The SMILES string of the molecule is FC(F)(F)C(F)(F)c1ccc(C2CCCNC2)cc1. The summed E-state index contributed by atoms with van der Waals surface area (Å²) in [6, 6.07) is 4.48. The van der Waals surface area contributed by atoms with Crippen LogP contribution in [-0.2, 0) is 5.92 Å². The monoisotopic (exact) mass is 279 g/mol. The minimum atomic E-state index is -5.55. The molecule has 0 bridgehead atoms. The molecule has 6 heteroatoms. The van der Waals surface area contributed by atoms with Crippen LogP contribution in [0.15, 0.2) is 24.3 Å². The third kappa shape index (κ3) is 2.88. The average Bonchev–Trinajstić information content (AvgIpc) is 2.39. The molecule has 1 heterocycles. The number of piperidine rings is 1. The summed E-state index contributed by atoms with van der Waals surface area (Å²) in [7, 11) is 0. The van der Waals surface area contributed by atoms with Gasteiger partial charge in [0, 0.05) is 12.1 Å². The first kappa shape index (κ1) is 14.2. The molecule has 1 saturated heterocycles. The molecular weight excluding hydrogens is 265 g/mol. The molecule has 1 atom stereocenters. The number of alkyl halides is 5. The molecule has 1 fully saturated rings. The van der Waals surface area contributed by atoms with E-state index in [2.05, 4.69) is 5.32 Å². The largest absolute Gasteiger partial charge is 0.458 e. The first-order chi connectivity index (χ1) is 8.82. The van der Waals surface area contributed by atoms with Gasteiger partial charge in [0.2, 0.25) is 0 Å². The standard InChI is InChI=1S/C13H14F5N/c14-12(15,13(16,17)18)11-5-3-9(4-6-11)10-2-1-7-19-8-10/h3-6,10,19H,1-2,7-8H2. The fourth-order valence-electron chi connectivity index (χ4n) is 2.26. The number of hydrogen-bond donors (Lipinski definition) is 1. The summed E-state index contributed by atoms with van der Waals surface area (Å²) >= 11 is 0. The Bertz CT molecular complexity index is 418. The number of benzene rings is 1. The molecule has 1 N–H and O–H groups in total. The van der Waals surface area contributed by atoms with E-state index in [4.69, 9.17) is 0 Å². The summed E-state index contributed by atoms with van der Waals surface area (Å²) in [6.07, 6.45) is -3.66. The Morgan fingerprint density at radius 1 is 1.00 bits per heavy atom. The van der Waals surface area contributed by atoms with Gasteiger partial charge in [-0.25, -0.2) is 0 Å². The van der Waals surface area contributed by atoms with Crippen LogP contribution in [0.1, 0.15) is 29.9 Å². The lowest BCUT2D eigenvalue weighted by molar-refractivity contribution is -0.289. The van der Waals surface area contributed by atoms with Gasteiger partial charge in [0.25, 0.3) is 0 Å². The molecule has 1 aliphatic heterocycles. The Kier molecular flexibility index (Phi) is 3.80. The Balaban J connectivity index is 2.18. The normalized spacial score (nSPS) is 21.4. The summed E-state index contributed by atoms with van der Waals surface area (Å²) in [5.41, 5.74) is -0.207. The molecule has 0 amide bonds. The minimum absolute atomic E-state index is 0.183. The van der Waals surface area contributed by atoms with Gasteiger partial charge >= 0.3 is 12.1 Å². The van der Waals surface area contributed by atoms with E-state index in [-0.39, 0.29) is 5.92 Å². The molecule has 1 unspecified atom stereocenters. The molecule has 1 nitrogen and oxygen atoms in total. The topological polar surface area (TPSA) is 12.0 Å². The first-order valence-electron chi connectivity index (χ1n) is 6.08. The third-order valence-electron chi connectivity index (χ3n) is 3.40. The molecule has 0 saturated carbocycles. The summed E-state index contributed by atoms with van der Waals surface area (Å²) in [4.78, 5) is 0. The van der Waals surface area contributed by atoms with E-state index in [9.17, 15) is 22.0 Å². The second-order valence-corrected chi connectivity index (χ2v) is 4.74. The molecule has 1 aliphatic rings. The predicted molar refractivity (Wildman–Crippen MR) is 61.2 cm³/mol. The second kappa shape index (κ2) is 5.07. The van der Waals surface area contributed by atoms with Crippen molar-refractivity contribution in [3.05, 3.63) is 35.4 Å². The second-order valence-electron chi connectivity index (χ2n) is 4.74. The zero-order chi connectivity index (χ0) is 14.1. The fraction of sp³-hybridized carbons (Fsp3) is 0.538. The van der Waals surface area contributed by atoms with Crippen molar-refractivity contribution in [3.63, 3.8) is 0 Å². The van der Waals surface area contributed by atoms with Gasteiger partial charge in [0.1, 0.15) is 0 Å². The van der Waals surface area contributed by atoms with Crippen LogP contribution in [0.25, 0.3) is 0 Å². The lowest BCUT2D eigenvalue weighted by atomic mass is 9.90. The summed E-state index contributed by atoms with van der Waals surface area (Å²) in [5, 5.41) is 3.17. The van der Waals surface area contributed by atoms with Crippen molar-refractivity contribution in [2.45, 2.75) is 30.9 Å². The van der Waals surface area contributed by atoms with Gasteiger partial charge in [0.05, 0.1) is 0 Å². The van der Waals surface area contributed by atoms with E-state index in [0.29, 0.717) is 0 Å². The van der Waals surface area contributed by atoms with Gasteiger partial charge in [-0.2, -0.15) is 22.0 Å². The summed E-state index contributed by atoms with van der Waals surface area (Å²) in [5.74, 6) is -4.61. The third-order valence-corrected chi connectivity index (χ3v) is 3.40. The maximum absolute atomic E-state index is 13.1. The minimum Gasteiger partial charge on any atom is -0.316 e. The maximum atomic E-state index is 13.1. The molecule has 1 aromatic carbocycles. The average molecular weight is 279 g/mol. The first-order valence-corrected chi connectivity index (χ1v) is 6.08. The van der Waals surface area contributed by atoms with E-state index < -0.39 is 17.7 Å². The molecule has 1 aromatic rings. The maximum Gasteiger partial charge on any atom is 0.458 e. The molecule has 0 spiro atoms. The fourth-order valence-corrected chi connectivity index (χ4v) is 2.26. The number of rotatable bonds is 2. The van der Waals surface area contributed by atoms with Crippen LogP contribution in [0, 0.1) is 0 Å². The highest BCUT2D eigenvalue weighted by Gasteiger charge is 2.58. The number of hydrogen-bond acceptors (Lipinski definition) is 1. The van der Waals surface area contributed by atoms with E-state index >= 15 is 0 Å². The van der Waals surface area contributed by atoms with Gasteiger partial charge in [0.15, 0.2) is 0 Å². The van der Waals surface area contributed by atoms with E-state index in [0.717, 1.165) is 43.6 Å². The summed E-state index contributed by atoms with van der Waals surface area (Å²) in [6.45, 7) is 1.65. The van der Waals surface area contributed by atoms with E-state index in [1.54, 1.807) is 0 Å². The summed E-state index contributed by atoms with van der Waals surface area (Å²) < 4.78 is 62.8. The van der Waals surface area contributed by atoms with Gasteiger partial charge in [-0.3, -0.25) is 0 Å². The van der Waals surface area contributed by atoms with Crippen LogP contribution in [0.5, 0.6) is 0 Å². The van der Waals surface area contributed by atoms with E-state index in [1.807, 2.05) is 0 Å². The predicted octanol–water partition coefficient (Wildman–Crippen LogP) is 3.81. The molecule has 0 aromatic heterocycles. The highest BCUT2D eigenvalue weighted by atomic mass is 19.4. The number of halogens is 5. The lowest BCUT2D eigenvalue weighted by Gasteiger charge is -2.24. The van der Waals surface area contributed by atoms with Crippen LogP contribution in [0.4, 0.5) is 22.0 Å². The molecule has 0 aliphatic carbocycles. The van der Waals surface area contributed by atoms with Crippen LogP contribution in [0.3, 0.4) is 0 Å². The van der Waals surface area contributed by atoms with Crippen molar-refractivity contribution in [1.29, 1.82) is 0 Å². The molecular formula is C13H14F5N. The van der Waals surface area contributed by atoms with Crippen molar-refractivity contribution in [2.24, 2.45) is 0 Å².